The van der Waals surface area contributed by atoms with Crippen molar-refractivity contribution in [2.75, 3.05) is 26.2 Å². The van der Waals surface area contributed by atoms with E-state index in [4.69, 9.17) is 0 Å². The lowest BCUT2D eigenvalue weighted by Crippen LogP contribution is -2.53. The fourth-order valence-electron chi connectivity index (χ4n) is 2.94. The Bertz CT molecular complexity index is 977. The van der Waals surface area contributed by atoms with Crippen LogP contribution in [-0.2, 0) is 22.0 Å². The summed E-state index contributed by atoms with van der Waals surface area (Å²) in [5.74, 6) is -0.773. The number of benzene rings is 1. The first-order chi connectivity index (χ1) is 13.6. The number of aromatic nitrogens is 1. The SMILES string of the molecule is CC(C)(C)c1nc(CNC(=O)N2CCN(S(=O)(=O)c3ccccc3F)CC2)cs1. The summed E-state index contributed by atoms with van der Waals surface area (Å²) in [7, 11) is -3.92. The van der Waals surface area contributed by atoms with E-state index in [9.17, 15) is 17.6 Å². The highest BCUT2D eigenvalue weighted by Gasteiger charge is 2.31. The van der Waals surface area contributed by atoms with Gasteiger partial charge in [0.2, 0.25) is 10.0 Å². The Morgan fingerprint density at radius 1 is 1.21 bits per heavy atom. The molecule has 0 saturated carbocycles. The molecule has 1 aromatic heterocycles. The first kappa shape index (κ1) is 21.7. The van der Waals surface area contributed by atoms with E-state index in [-0.39, 0.29) is 42.5 Å². The van der Waals surface area contributed by atoms with Gasteiger partial charge in [0.15, 0.2) is 0 Å². The van der Waals surface area contributed by atoms with E-state index in [1.165, 1.54) is 22.5 Å². The average Bonchev–Trinajstić information content (AvgIpc) is 3.16. The Labute approximate surface area is 174 Å². The van der Waals surface area contributed by atoms with Crippen LogP contribution >= 0.6 is 11.3 Å². The third kappa shape index (κ3) is 4.93. The van der Waals surface area contributed by atoms with Crippen LogP contribution in [0, 0.1) is 5.82 Å². The summed E-state index contributed by atoms with van der Waals surface area (Å²) in [5, 5.41) is 5.77. The maximum Gasteiger partial charge on any atom is 0.317 e. The number of hydrogen-bond acceptors (Lipinski definition) is 5. The second-order valence-electron chi connectivity index (χ2n) is 7.87. The molecule has 2 aromatic rings. The van der Waals surface area contributed by atoms with Gasteiger partial charge in [0.25, 0.3) is 0 Å². The van der Waals surface area contributed by atoms with Crippen molar-refractivity contribution in [3.63, 3.8) is 0 Å². The Hall–Kier alpha value is -2.04. The molecule has 0 spiro atoms. The van der Waals surface area contributed by atoms with Gasteiger partial charge in [-0.1, -0.05) is 32.9 Å². The molecule has 0 radical (unpaired) electrons. The maximum absolute atomic E-state index is 13.9. The molecule has 7 nitrogen and oxygen atoms in total. The molecule has 158 valence electrons. The fourth-order valence-corrected chi connectivity index (χ4v) is 5.33. The van der Waals surface area contributed by atoms with Gasteiger partial charge in [-0.05, 0) is 12.1 Å². The predicted octanol–water partition coefficient (Wildman–Crippen LogP) is 2.80. The van der Waals surface area contributed by atoms with E-state index in [0.29, 0.717) is 6.54 Å². The number of nitrogens with zero attached hydrogens (tertiary/aromatic N) is 3. The van der Waals surface area contributed by atoms with E-state index in [1.807, 2.05) is 5.38 Å². The third-order valence-electron chi connectivity index (χ3n) is 4.59. The molecule has 29 heavy (non-hydrogen) atoms. The molecule has 10 heteroatoms. The summed E-state index contributed by atoms with van der Waals surface area (Å²) < 4.78 is 40.4. The molecule has 1 saturated heterocycles. The lowest BCUT2D eigenvalue weighted by atomic mass is 9.98. The van der Waals surface area contributed by atoms with Gasteiger partial charge in [-0.3, -0.25) is 0 Å². The molecule has 1 aliphatic rings. The smallest absolute Gasteiger partial charge is 0.317 e. The highest BCUT2D eigenvalue weighted by Crippen LogP contribution is 2.25. The Morgan fingerprint density at radius 3 is 2.45 bits per heavy atom. The first-order valence-electron chi connectivity index (χ1n) is 9.31. The number of hydrogen-bond donors (Lipinski definition) is 1. The molecular formula is C19H25FN4O3S2. The molecule has 3 rings (SSSR count). The number of thiazole rings is 1. The topological polar surface area (TPSA) is 82.6 Å². The number of halogens is 1. The minimum atomic E-state index is -3.92. The van der Waals surface area contributed by atoms with Gasteiger partial charge in [-0.15, -0.1) is 11.3 Å². The molecule has 0 bridgehead atoms. The lowest BCUT2D eigenvalue weighted by molar-refractivity contribution is 0.171. The van der Waals surface area contributed by atoms with Gasteiger partial charge in [0, 0.05) is 37.0 Å². The van der Waals surface area contributed by atoms with Gasteiger partial charge >= 0.3 is 6.03 Å². The van der Waals surface area contributed by atoms with Crippen molar-refractivity contribution in [2.45, 2.75) is 37.6 Å². The summed E-state index contributed by atoms with van der Waals surface area (Å²) >= 11 is 1.57. The molecular weight excluding hydrogens is 415 g/mol. The molecule has 2 amide bonds. The molecule has 2 heterocycles. The van der Waals surface area contributed by atoms with Crippen LogP contribution in [0.1, 0.15) is 31.5 Å². The van der Waals surface area contributed by atoms with E-state index in [2.05, 4.69) is 31.1 Å². The Morgan fingerprint density at radius 2 is 1.86 bits per heavy atom. The fraction of sp³-hybridized carbons (Fsp3) is 0.474. The Balaban J connectivity index is 1.54. The number of nitrogens with one attached hydrogen (secondary N) is 1. The maximum atomic E-state index is 13.9. The molecule has 0 aliphatic carbocycles. The molecule has 1 aromatic carbocycles. The van der Waals surface area contributed by atoms with Crippen molar-refractivity contribution in [3.8, 4) is 0 Å². The highest BCUT2D eigenvalue weighted by molar-refractivity contribution is 7.89. The molecule has 0 unspecified atom stereocenters. The summed E-state index contributed by atoms with van der Waals surface area (Å²) in [6.07, 6.45) is 0. The third-order valence-corrected chi connectivity index (χ3v) is 7.84. The van der Waals surface area contributed by atoms with Crippen LogP contribution in [0.3, 0.4) is 0 Å². The average molecular weight is 441 g/mol. The van der Waals surface area contributed by atoms with Crippen molar-refractivity contribution < 1.29 is 17.6 Å². The molecule has 1 aliphatic heterocycles. The van der Waals surface area contributed by atoms with Gasteiger partial charge in [0.1, 0.15) is 10.7 Å². The monoisotopic (exact) mass is 440 g/mol. The minimum absolute atomic E-state index is 0.0347. The predicted molar refractivity (Wildman–Crippen MR) is 110 cm³/mol. The van der Waals surface area contributed by atoms with Crippen LogP contribution in [-0.4, -0.2) is 54.8 Å². The molecule has 1 fully saturated rings. The van der Waals surface area contributed by atoms with Crippen molar-refractivity contribution in [3.05, 3.63) is 46.2 Å². The normalized spacial score (nSPS) is 16.1. The van der Waals surface area contributed by atoms with E-state index >= 15 is 0 Å². The van der Waals surface area contributed by atoms with Crippen molar-refractivity contribution in [2.24, 2.45) is 0 Å². The summed E-state index contributed by atoms with van der Waals surface area (Å²) in [6.45, 7) is 7.30. The standard InChI is InChI=1S/C19H25FN4O3S2/c1-19(2,3)17-22-14(13-28-17)12-21-18(25)23-8-10-24(11-9-23)29(26,27)16-7-5-4-6-15(16)20/h4-7,13H,8-12H2,1-3H3,(H,21,25). The zero-order valence-electron chi connectivity index (χ0n) is 16.7. The van der Waals surface area contributed by atoms with Crippen LogP contribution in [0.4, 0.5) is 9.18 Å². The van der Waals surface area contributed by atoms with Gasteiger partial charge in [0.05, 0.1) is 17.2 Å². The second kappa shape index (κ2) is 8.37. The zero-order chi connectivity index (χ0) is 21.2. The number of piperazine rings is 1. The van der Waals surface area contributed by atoms with E-state index in [0.717, 1.165) is 16.8 Å². The van der Waals surface area contributed by atoms with E-state index < -0.39 is 15.8 Å². The minimum Gasteiger partial charge on any atom is -0.332 e. The summed E-state index contributed by atoms with van der Waals surface area (Å²) in [6, 6.07) is 5.05. The number of urea groups is 1. The highest BCUT2D eigenvalue weighted by atomic mass is 32.2. The largest absolute Gasteiger partial charge is 0.332 e. The molecule has 0 atom stereocenters. The van der Waals surface area contributed by atoms with E-state index in [1.54, 1.807) is 16.2 Å². The van der Waals surface area contributed by atoms with Gasteiger partial charge in [-0.2, -0.15) is 4.31 Å². The van der Waals surface area contributed by atoms with Crippen LogP contribution in [0.5, 0.6) is 0 Å². The van der Waals surface area contributed by atoms with Crippen LogP contribution < -0.4 is 5.32 Å². The van der Waals surface area contributed by atoms with Gasteiger partial charge in [-0.25, -0.2) is 22.6 Å². The molecule has 1 N–H and O–H groups in total. The number of carbonyl (C=O) groups excluding carboxylic acids is 1. The van der Waals surface area contributed by atoms with Crippen molar-refractivity contribution in [1.29, 1.82) is 0 Å². The van der Waals surface area contributed by atoms with Gasteiger partial charge < -0.3 is 10.2 Å². The number of amides is 2. The first-order valence-corrected chi connectivity index (χ1v) is 11.6. The number of sulfonamides is 1. The van der Waals surface area contributed by atoms with Crippen molar-refractivity contribution >= 4 is 27.4 Å². The second-order valence-corrected chi connectivity index (χ2v) is 10.6. The quantitative estimate of drug-likeness (QED) is 0.793. The number of rotatable bonds is 4. The van der Waals surface area contributed by atoms with Crippen LogP contribution in [0.25, 0.3) is 0 Å². The Kier molecular flexibility index (Phi) is 6.25. The number of carbonyl (C=O) groups is 1. The van der Waals surface area contributed by atoms with Crippen molar-refractivity contribution in [1.82, 2.24) is 19.5 Å². The van der Waals surface area contributed by atoms with Crippen LogP contribution in [0.15, 0.2) is 34.5 Å². The van der Waals surface area contributed by atoms with Crippen LogP contribution in [0.2, 0.25) is 0 Å². The zero-order valence-corrected chi connectivity index (χ0v) is 18.3. The summed E-state index contributed by atoms with van der Waals surface area (Å²) in [4.78, 5) is 18.2. The summed E-state index contributed by atoms with van der Waals surface area (Å²) in [5.41, 5.74) is 0.765. The lowest BCUT2D eigenvalue weighted by Gasteiger charge is -2.34.